The number of aliphatic hydroxyl groups is 2. The van der Waals surface area contributed by atoms with Gasteiger partial charge in [0.15, 0.2) is 17.2 Å². The number of Topliss-reactive ketones (excluding diaryl/α,β-unsaturated/α-hetero) is 2. The van der Waals surface area contributed by atoms with Gasteiger partial charge in [0.25, 0.3) is 5.56 Å². The first-order valence-corrected chi connectivity index (χ1v) is 11.9. The summed E-state index contributed by atoms with van der Waals surface area (Å²) in [5.41, 5.74) is -4.78. The van der Waals surface area contributed by atoms with E-state index in [9.17, 15) is 34.2 Å². The number of carbonyl (C=O) groups is 3. The number of aliphatic hydroxyl groups excluding tert-OH is 1. The monoisotopic (exact) mass is 562 g/mol. The molecule has 0 amide bonds. The van der Waals surface area contributed by atoms with Gasteiger partial charge < -0.3 is 20.1 Å². The second-order valence-corrected chi connectivity index (χ2v) is 9.56. The van der Waals surface area contributed by atoms with E-state index < -0.39 is 65.7 Å². The van der Waals surface area contributed by atoms with Crippen molar-refractivity contribution in [2.75, 3.05) is 0 Å². The Hall–Kier alpha value is -3.61. The topological polar surface area (TPSA) is 176 Å². The number of carboxylic acid groups (broad SMARTS) is 1. The standard InChI is InChI=1S/C25H20Cl2N2O9/c26-15-5-1-12(2-6-15)19(32)20(33)22-25(37,21(34)13-3-7-16(27)8-4-13)10-17(38-22)29-11-14(9-18(30)31)23(35)28-24(29)36/h1-8,11,17,20,22,33,37H,9-10H2,(H,30,31)(H,28,35,36)/t17-,20?,22-,25-/m1/s1. The van der Waals surface area contributed by atoms with E-state index >= 15 is 0 Å². The number of aromatic nitrogens is 2. The van der Waals surface area contributed by atoms with Crippen LogP contribution in [0, 0.1) is 0 Å². The number of hydrogen-bond acceptors (Lipinski definition) is 8. The fourth-order valence-electron chi connectivity index (χ4n) is 4.24. The summed E-state index contributed by atoms with van der Waals surface area (Å²) in [6, 6.07) is 11.0. The normalized spacial score (nSPS) is 21.7. The first-order valence-electron chi connectivity index (χ1n) is 11.1. The number of carboxylic acids is 1. The van der Waals surface area contributed by atoms with Crippen molar-refractivity contribution in [2.45, 2.75) is 36.9 Å². The molecule has 4 atom stereocenters. The second-order valence-electron chi connectivity index (χ2n) is 8.68. The van der Waals surface area contributed by atoms with Gasteiger partial charge in [0, 0.05) is 39.4 Å². The maximum Gasteiger partial charge on any atom is 0.330 e. The van der Waals surface area contributed by atoms with Gasteiger partial charge in [-0.15, -0.1) is 0 Å². The number of carbonyl (C=O) groups excluding carboxylic acids is 2. The Morgan fingerprint density at radius 2 is 1.58 bits per heavy atom. The second kappa shape index (κ2) is 10.6. The van der Waals surface area contributed by atoms with Crippen LogP contribution in [0.5, 0.6) is 0 Å². The minimum Gasteiger partial charge on any atom is -0.481 e. The van der Waals surface area contributed by atoms with Crippen molar-refractivity contribution < 1.29 is 34.4 Å². The molecule has 1 aliphatic rings. The van der Waals surface area contributed by atoms with E-state index in [1.54, 1.807) is 0 Å². The maximum atomic E-state index is 13.5. The molecule has 1 aliphatic heterocycles. The van der Waals surface area contributed by atoms with E-state index in [1.807, 2.05) is 4.98 Å². The average molecular weight is 563 g/mol. The van der Waals surface area contributed by atoms with Gasteiger partial charge >= 0.3 is 11.7 Å². The highest BCUT2D eigenvalue weighted by Crippen LogP contribution is 2.41. The maximum absolute atomic E-state index is 13.5. The molecule has 1 saturated heterocycles. The van der Waals surface area contributed by atoms with Gasteiger partial charge in [0.1, 0.15) is 18.4 Å². The summed E-state index contributed by atoms with van der Waals surface area (Å²) >= 11 is 11.8. The number of ketones is 2. The molecule has 1 fully saturated rings. The molecule has 1 aromatic heterocycles. The van der Waals surface area contributed by atoms with Gasteiger partial charge in [-0.25, -0.2) is 4.79 Å². The van der Waals surface area contributed by atoms with E-state index in [2.05, 4.69) is 0 Å². The predicted molar refractivity (Wildman–Crippen MR) is 134 cm³/mol. The Morgan fingerprint density at radius 1 is 1.03 bits per heavy atom. The molecule has 4 rings (SSSR count). The van der Waals surface area contributed by atoms with Crippen LogP contribution in [0.4, 0.5) is 0 Å². The fourth-order valence-corrected chi connectivity index (χ4v) is 4.49. The molecular formula is C25H20Cl2N2O9. The lowest BCUT2D eigenvalue weighted by atomic mass is 9.82. The first kappa shape index (κ1) is 27.4. The molecule has 2 aromatic carbocycles. The molecule has 38 heavy (non-hydrogen) atoms. The molecule has 0 radical (unpaired) electrons. The van der Waals surface area contributed by atoms with E-state index in [0.29, 0.717) is 10.0 Å². The Labute approximate surface area is 223 Å². The summed E-state index contributed by atoms with van der Waals surface area (Å²) in [7, 11) is 0. The van der Waals surface area contributed by atoms with Gasteiger partial charge in [-0.2, -0.15) is 0 Å². The smallest absolute Gasteiger partial charge is 0.330 e. The number of H-pyrrole nitrogens is 1. The third-order valence-corrected chi connectivity index (χ3v) is 6.64. The van der Waals surface area contributed by atoms with Gasteiger partial charge in [-0.1, -0.05) is 23.2 Å². The number of nitrogens with zero attached hydrogens (tertiary/aromatic N) is 1. The van der Waals surface area contributed by atoms with Gasteiger partial charge in [0.2, 0.25) is 0 Å². The molecule has 0 aliphatic carbocycles. The average Bonchev–Trinajstić information content (AvgIpc) is 3.23. The lowest BCUT2D eigenvalue weighted by Crippen LogP contribution is -2.53. The minimum atomic E-state index is -2.53. The van der Waals surface area contributed by atoms with Crippen molar-refractivity contribution in [3.05, 3.63) is 102 Å². The summed E-state index contributed by atoms with van der Waals surface area (Å²) in [6.45, 7) is 0. The van der Waals surface area contributed by atoms with E-state index in [-0.39, 0.29) is 16.7 Å². The van der Waals surface area contributed by atoms with Gasteiger partial charge in [-0.3, -0.25) is 28.7 Å². The van der Waals surface area contributed by atoms with Crippen LogP contribution in [0.2, 0.25) is 10.0 Å². The van der Waals surface area contributed by atoms with Crippen LogP contribution in [0.3, 0.4) is 0 Å². The van der Waals surface area contributed by atoms with Gasteiger partial charge in [-0.05, 0) is 48.5 Å². The Morgan fingerprint density at radius 3 is 2.13 bits per heavy atom. The first-order chi connectivity index (χ1) is 17.9. The lowest BCUT2D eigenvalue weighted by Gasteiger charge is -2.29. The van der Waals surface area contributed by atoms with Crippen LogP contribution >= 0.6 is 23.2 Å². The zero-order valence-corrected chi connectivity index (χ0v) is 20.8. The third-order valence-electron chi connectivity index (χ3n) is 6.14. The molecule has 198 valence electrons. The number of ether oxygens (including phenoxy) is 1. The number of benzene rings is 2. The molecule has 0 saturated carbocycles. The molecule has 2 heterocycles. The van der Waals surface area contributed by atoms with Crippen molar-refractivity contribution in [2.24, 2.45) is 0 Å². The molecule has 13 heteroatoms. The predicted octanol–water partition coefficient (Wildman–Crippen LogP) is 1.62. The van der Waals surface area contributed by atoms with Crippen LogP contribution < -0.4 is 11.2 Å². The summed E-state index contributed by atoms with van der Waals surface area (Å²) in [6.07, 6.45) is -5.81. The molecular weight excluding hydrogens is 543 g/mol. The number of aromatic amines is 1. The zero-order chi connectivity index (χ0) is 27.8. The van der Waals surface area contributed by atoms with Crippen molar-refractivity contribution in [1.29, 1.82) is 0 Å². The molecule has 3 aromatic rings. The Balaban J connectivity index is 1.77. The van der Waals surface area contributed by atoms with Crippen molar-refractivity contribution in [1.82, 2.24) is 9.55 Å². The van der Waals surface area contributed by atoms with Crippen LogP contribution in [0.1, 0.15) is 38.9 Å². The molecule has 11 nitrogen and oxygen atoms in total. The van der Waals surface area contributed by atoms with Crippen LogP contribution in [0.15, 0.2) is 64.3 Å². The summed E-state index contributed by atoms with van der Waals surface area (Å²) in [5, 5.41) is 32.3. The number of nitrogens with one attached hydrogen (secondary N) is 1. The number of aliphatic carboxylic acids is 1. The van der Waals surface area contributed by atoms with Crippen LogP contribution in [-0.2, 0) is 16.0 Å². The molecule has 4 N–H and O–H groups in total. The number of halogens is 2. The van der Waals surface area contributed by atoms with Crippen LogP contribution in [0.25, 0.3) is 0 Å². The van der Waals surface area contributed by atoms with E-state index in [4.69, 9.17) is 33.0 Å². The van der Waals surface area contributed by atoms with E-state index in [1.165, 1.54) is 48.5 Å². The van der Waals surface area contributed by atoms with Crippen molar-refractivity contribution >= 4 is 40.7 Å². The molecule has 1 unspecified atom stereocenters. The van der Waals surface area contributed by atoms with Crippen molar-refractivity contribution in [3.8, 4) is 0 Å². The molecule has 0 spiro atoms. The highest BCUT2D eigenvalue weighted by atomic mass is 35.5. The van der Waals surface area contributed by atoms with Gasteiger partial charge in [0.05, 0.1) is 6.42 Å². The molecule has 0 bridgehead atoms. The number of hydrogen-bond donors (Lipinski definition) is 4. The zero-order valence-electron chi connectivity index (χ0n) is 19.3. The highest BCUT2D eigenvalue weighted by molar-refractivity contribution is 6.31. The van der Waals surface area contributed by atoms with E-state index in [0.717, 1.165) is 10.8 Å². The van der Waals surface area contributed by atoms with Crippen molar-refractivity contribution in [3.63, 3.8) is 0 Å². The summed E-state index contributed by atoms with van der Waals surface area (Å²) in [5.74, 6) is -3.16. The highest BCUT2D eigenvalue weighted by Gasteiger charge is 2.57. The number of rotatable bonds is 8. The minimum absolute atomic E-state index is 0.0141. The lowest BCUT2D eigenvalue weighted by molar-refractivity contribution is -0.136. The Kier molecular flexibility index (Phi) is 7.68. The summed E-state index contributed by atoms with van der Waals surface area (Å²) < 4.78 is 6.53. The quantitative estimate of drug-likeness (QED) is 0.297. The SMILES string of the molecule is O=C(O)Cc1cn([C@H]2C[C@@](O)(C(=O)c3ccc(Cl)cc3)[C@@H](C(O)C(=O)c3ccc(Cl)cc3)O2)c(=O)[nH]c1=O. The largest absolute Gasteiger partial charge is 0.481 e. The fraction of sp³-hybridized carbons (Fsp3) is 0.240. The van der Waals surface area contributed by atoms with Crippen LogP contribution in [-0.4, -0.2) is 60.2 Å². The third kappa shape index (κ3) is 5.33. The summed E-state index contributed by atoms with van der Waals surface area (Å²) in [4.78, 5) is 64.3. The Bertz CT molecular complexity index is 1520.